The lowest BCUT2D eigenvalue weighted by Gasteiger charge is -2.06. The zero-order chi connectivity index (χ0) is 14.8. The van der Waals surface area contributed by atoms with Crippen molar-refractivity contribution in [3.05, 3.63) is 29.8 Å². The van der Waals surface area contributed by atoms with Crippen LogP contribution in [0.2, 0.25) is 0 Å². The van der Waals surface area contributed by atoms with Gasteiger partial charge in [-0.25, -0.2) is 4.98 Å². The molecule has 3 heterocycles. The predicted molar refractivity (Wildman–Crippen MR) is 81.0 cm³/mol. The molecular weight excluding hydrogens is 288 g/mol. The molecule has 1 amide bonds. The fourth-order valence-electron chi connectivity index (χ4n) is 1.85. The van der Waals surface area contributed by atoms with Crippen LogP contribution in [0.1, 0.15) is 13.3 Å². The Morgan fingerprint density at radius 2 is 2.38 bits per heavy atom. The molecule has 0 aliphatic carbocycles. The number of nitrogens with one attached hydrogen (secondary N) is 1. The number of aromatic nitrogens is 4. The van der Waals surface area contributed by atoms with Gasteiger partial charge in [-0.2, -0.15) is 9.50 Å². The lowest BCUT2D eigenvalue weighted by molar-refractivity contribution is -0.117. The Labute approximate surface area is 124 Å². The van der Waals surface area contributed by atoms with E-state index in [-0.39, 0.29) is 11.9 Å². The summed E-state index contributed by atoms with van der Waals surface area (Å²) in [5, 5.41) is 8.89. The number of fused-ring (bicyclic) bond motifs is 1. The van der Waals surface area contributed by atoms with Gasteiger partial charge in [0.15, 0.2) is 0 Å². The molecule has 0 saturated carbocycles. The number of hydrogen-bond donors (Lipinski definition) is 2. The fourth-order valence-corrected chi connectivity index (χ4v) is 2.58. The van der Waals surface area contributed by atoms with Crippen molar-refractivity contribution in [3.8, 4) is 10.6 Å². The molecule has 3 N–H and O–H groups in total. The van der Waals surface area contributed by atoms with E-state index in [4.69, 9.17) is 5.73 Å². The van der Waals surface area contributed by atoms with Crippen molar-refractivity contribution in [1.29, 1.82) is 0 Å². The normalized spacial score (nSPS) is 12.5. The van der Waals surface area contributed by atoms with Gasteiger partial charge in [-0.15, -0.1) is 16.4 Å². The second kappa shape index (κ2) is 5.58. The molecule has 0 aliphatic rings. The minimum Gasteiger partial charge on any atom is -0.320 e. The number of carbonyl (C=O) groups is 1. The molecule has 3 rings (SSSR count). The molecule has 0 saturated heterocycles. The van der Waals surface area contributed by atoms with Crippen LogP contribution in [-0.4, -0.2) is 31.5 Å². The van der Waals surface area contributed by atoms with Gasteiger partial charge in [0.05, 0.1) is 16.6 Å². The highest BCUT2D eigenvalue weighted by molar-refractivity contribution is 7.13. The van der Waals surface area contributed by atoms with Crippen molar-refractivity contribution >= 4 is 29.0 Å². The molecule has 0 bridgehead atoms. The summed E-state index contributed by atoms with van der Waals surface area (Å²) < 4.78 is 1.61. The Balaban J connectivity index is 1.97. The van der Waals surface area contributed by atoms with Crippen LogP contribution >= 0.6 is 11.3 Å². The lowest BCUT2D eigenvalue weighted by atomic mass is 10.2. The number of carbonyl (C=O) groups excluding carboxylic acids is 1. The summed E-state index contributed by atoms with van der Waals surface area (Å²) in [5.41, 5.74) is 6.55. The molecule has 0 aliphatic heterocycles. The van der Waals surface area contributed by atoms with Gasteiger partial charge in [0.2, 0.25) is 5.91 Å². The van der Waals surface area contributed by atoms with Crippen molar-refractivity contribution < 1.29 is 4.79 Å². The first-order chi connectivity index (χ1) is 10.2. The van der Waals surface area contributed by atoms with Gasteiger partial charge in [-0.1, -0.05) is 13.0 Å². The second-order valence-corrected chi connectivity index (χ2v) is 5.41. The van der Waals surface area contributed by atoms with E-state index in [9.17, 15) is 4.79 Å². The SMILES string of the molecule is CCC(N)C(=O)Nc1nc2nccc(-c3cccs3)n2n1. The van der Waals surface area contributed by atoms with Crippen LogP contribution in [0.4, 0.5) is 5.95 Å². The standard InChI is InChI=1S/C13H14N6OS/c1-2-8(14)11(20)16-12-17-13-15-6-5-9(19(13)18-12)10-4-3-7-21-10/h3-8H,2,14H2,1H3,(H,16,18,20). The zero-order valence-corrected chi connectivity index (χ0v) is 12.2. The van der Waals surface area contributed by atoms with Crippen LogP contribution < -0.4 is 11.1 Å². The topological polar surface area (TPSA) is 98.2 Å². The minimum absolute atomic E-state index is 0.209. The predicted octanol–water partition coefficient (Wildman–Crippen LogP) is 1.53. The van der Waals surface area contributed by atoms with E-state index in [1.54, 1.807) is 22.0 Å². The van der Waals surface area contributed by atoms with Crippen molar-refractivity contribution in [1.82, 2.24) is 19.6 Å². The Hall–Kier alpha value is -2.32. The molecular formula is C13H14N6OS. The first-order valence-electron chi connectivity index (χ1n) is 6.51. The lowest BCUT2D eigenvalue weighted by Crippen LogP contribution is -2.35. The summed E-state index contributed by atoms with van der Waals surface area (Å²) in [6.07, 6.45) is 2.22. The van der Waals surface area contributed by atoms with Gasteiger partial charge in [-0.05, 0) is 23.9 Å². The summed E-state index contributed by atoms with van der Waals surface area (Å²) >= 11 is 1.60. The third kappa shape index (κ3) is 2.63. The van der Waals surface area contributed by atoms with Gasteiger partial charge in [0.25, 0.3) is 11.7 Å². The maximum Gasteiger partial charge on any atom is 0.254 e. The molecule has 108 valence electrons. The van der Waals surface area contributed by atoms with Gasteiger partial charge in [0.1, 0.15) is 0 Å². The summed E-state index contributed by atoms with van der Waals surface area (Å²) in [6, 6.07) is 5.25. The number of nitrogens with zero attached hydrogens (tertiary/aromatic N) is 4. The highest BCUT2D eigenvalue weighted by Crippen LogP contribution is 2.24. The number of anilines is 1. The largest absolute Gasteiger partial charge is 0.320 e. The number of hydrogen-bond acceptors (Lipinski definition) is 6. The minimum atomic E-state index is -0.568. The summed E-state index contributed by atoms with van der Waals surface area (Å²) in [5.74, 6) is 0.341. The van der Waals surface area contributed by atoms with Gasteiger partial charge in [0, 0.05) is 6.20 Å². The number of nitrogens with two attached hydrogens (primary N) is 1. The van der Waals surface area contributed by atoms with Gasteiger partial charge in [-0.3, -0.25) is 10.1 Å². The van der Waals surface area contributed by atoms with E-state index in [0.29, 0.717) is 12.2 Å². The Bertz CT molecular complexity index is 766. The molecule has 0 aromatic carbocycles. The highest BCUT2D eigenvalue weighted by Gasteiger charge is 2.15. The van der Waals surface area contributed by atoms with E-state index in [0.717, 1.165) is 10.6 Å². The Morgan fingerprint density at radius 1 is 1.52 bits per heavy atom. The first kappa shape index (κ1) is 13.7. The fraction of sp³-hybridized carbons (Fsp3) is 0.231. The van der Waals surface area contributed by atoms with Crippen LogP contribution in [0, 0.1) is 0 Å². The number of amides is 1. The zero-order valence-electron chi connectivity index (χ0n) is 11.4. The molecule has 1 atom stereocenters. The average molecular weight is 302 g/mol. The van der Waals surface area contributed by atoms with E-state index in [1.165, 1.54) is 0 Å². The van der Waals surface area contributed by atoms with E-state index < -0.39 is 6.04 Å². The maximum atomic E-state index is 11.8. The monoisotopic (exact) mass is 302 g/mol. The molecule has 21 heavy (non-hydrogen) atoms. The van der Waals surface area contributed by atoms with E-state index in [1.807, 2.05) is 30.5 Å². The summed E-state index contributed by atoms with van der Waals surface area (Å²) in [4.78, 5) is 21.2. The van der Waals surface area contributed by atoms with E-state index >= 15 is 0 Å². The van der Waals surface area contributed by atoms with Crippen LogP contribution in [0.5, 0.6) is 0 Å². The molecule has 0 spiro atoms. The van der Waals surface area contributed by atoms with Crippen molar-refractivity contribution in [2.75, 3.05) is 5.32 Å². The molecule has 1 unspecified atom stereocenters. The molecule has 8 heteroatoms. The second-order valence-electron chi connectivity index (χ2n) is 4.46. The van der Waals surface area contributed by atoms with Gasteiger partial charge >= 0.3 is 0 Å². The molecule has 0 radical (unpaired) electrons. The average Bonchev–Trinajstić information content (AvgIpc) is 3.14. The van der Waals surface area contributed by atoms with E-state index in [2.05, 4.69) is 20.4 Å². The first-order valence-corrected chi connectivity index (χ1v) is 7.39. The molecule has 3 aromatic rings. The summed E-state index contributed by atoms with van der Waals surface area (Å²) in [6.45, 7) is 1.85. The smallest absolute Gasteiger partial charge is 0.254 e. The summed E-state index contributed by atoms with van der Waals surface area (Å²) in [7, 11) is 0. The number of rotatable bonds is 4. The third-order valence-electron chi connectivity index (χ3n) is 3.03. The van der Waals surface area contributed by atoms with Crippen molar-refractivity contribution in [3.63, 3.8) is 0 Å². The number of thiophene rings is 1. The van der Waals surface area contributed by atoms with Crippen molar-refractivity contribution in [2.45, 2.75) is 19.4 Å². The Kier molecular flexibility index (Phi) is 3.63. The quantitative estimate of drug-likeness (QED) is 0.761. The molecule has 3 aromatic heterocycles. The van der Waals surface area contributed by atoms with Crippen LogP contribution in [-0.2, 0) is 4.79 Å². The van der Waals surface area contributed by atoms with Crippen LogP contribution in [0.15, 0.2) is 29.8 Å². The Morgan fingerprint density at radius 3 is 3.10 bits per heavy atom. The molecule has 0 fully saturated rings. The van der Waals surface area contributed by atoms with Gasteiger partial charge < -0.3 is 5.73 Å². The third-order valence-corrected chi connectivity index (χ3v) is 3.92. The van der Waals surface area contributed by atoms with Crippen molar-refractivity contribution in [2.24, 2.45) is 5.73 Å². The highest BCUT2D eigenvalue weighted by atomic mass is 32.1. The maximum absolute atomic E-state index is 11.8. The molecule has 7 nitrogen and oxygen atoms in total. The van der Waals surface area contributed by atoms with Crippen LogP contribution in [0.25, 0.3) is 16.3 Å². The van der Waals surface area contributed by atoms with Crippen LogP contribution in [0.3, 0.4) is 0 Å².